The van der Waals surface area contributed by atoms with Crippen LogP contribution < -0.4 is 5.32 Å². The molecular formula is C18H27NO. The number of rotatable bonds is 3. The predicted molar refractivity (Wildman–Crippen MR) is 82.5 cm³/mol. The Labute approximate surface area is 122 Å². The van der Waals surface area contributed by atoms with Crippen LogP contribution in [0.4, 0.5) is 0 Å². The van der Waals surface area contributed by atoms with Gasteiger partial charge in [0.15, 0.2) is 0 Å². The van der Waals surface area contributed by atoms with Crippen LogP contribution in [0.2, 0.25) is 0 Å². The van der Waals surface area contributed by atoms with Crippen LogP contribution >= 0.6 is 0 Å². The molecule has 2 nitrogen and oxygen atoms in total. The van der Waals surface area contributed by atoms with Crippen molar-refractivity contribution in [2.24, 2.45) is 11.8 Å². The van der Waals surface area contributed by atoms with Crippen molar-refractivity contribution in [2.75, 3.05) is 13.1 Å². The first-order valence-electron chi connectivity index (χ1n) is 8.30. The summed E-state index contributed by atoms with van der Waals surface area (Å²) in [5.74, 6) is 0.797. The summed E-state index contributed by atoms with van der Waals surface area (Å²) >= 11 is 0. The minimum Gasteiger partial charge on any atom is -0.385 e. The zero-order chi connectivity index (χ0) is 13.8. The fourth-order valence-corrected chi connectivity index (χ4v) is 4.28. The van der Waals surface area contributed by atoms with Crippen molar-refractivity contribution < 1.29 is 5.11 Å². The molecule has 1 heterocycles. The third-order valence-electron chi connectivity index (χ3n) is 5.38. The summed E-state index contributed by atoms with van der Waals surface area (Å²) in [5.41, 5.74) is 0.510. The van der Waals surface area contributed by atoms with Crippen molar-refractivity contribution in [2.45, 2.75) is 50.5 Å². The highest BCUT2D eigenvalue weighted by Crippen LogP contribution is 2.45. The third-order valence-corrected chi connectivity index (χ3v) is 5.38. The molecule has 2 fully saturated rings. The van der Waals surface area contributed by atoms with Crippen molar-refractivity contribution >= 4 is 0 Å². The quantitative estimate of drug-likeness (QED) is 0.884. The molecule has 1 aliphatic heterocycles. The molecule has 1 aliphatic carbocycles. The molecule has 3 rings (SSSR count). The van der Waals surface area contributed by atoms with Gasteiger partial charge in [-0.05, 0) is 43.7 Å². The highest BCUT2D eigenvalue weighted by atomic mass is 16.3. The summed E-state index contributed by atoms with van der Waals surface area (Å²) in [5, 5.41) is 15.2. The Morgan fingerprint density at radius 3 is 2.25 bits per heavy atom. The average molecular weight is 273 g/mol. The molecule has 1 saturated heterocycles. The molecule has 110 valence electrons. The second kappa shape index (κ2) is 6.28. The number of hydrogen-bond acceptors (Lipinski definition) is 2. The van der Waals surface area contributed by atoms with Crippen LogP contribution in [0, 0.1) is 11.8 Å². The standard InChI is InChI=1S/C18H27NO/c20-18(15-8-3-1-4-9-15,16-10-5-2-6-11-16)17-12-7-13-19-14-17/h1,3-4,8-9,16-17,19-20H,2,5-7,10-14H2. The van der Waals surface area contributed by atoms with Gasteiger partial charge in [0.05, 0.1) is 5.60 Å². The van der Waals surface area contributed by atoms with E-state index < -0.39 is 5.60 Å². The Balaban J connectivity index is 1.92. The summed E-state index contributed by atoms with van der Waals surface area (Å²) < 4.78 is 0. The van der Waals surface area contributed by atoms with Gasteiger partial charge < -0.3 is 10.4 Å². The smallest absolute Gasteiger partial charge is 0.0964 e. The Morgan fingerprint density at radius 2 is 1.60 bits per heavy atom. The lowest BCUT2D eigenvalue weighted by Gasteiger charge is -2.46. The molecule has 0 amide bonds. The fraction of sp³-hybridized carbons (Fsp3) is 0.667. The van der Waals surface area contributed by atoms with E-state index in [0.29, 0.717) is 11.8 Å². The van der Waals surface area contributed by atoms with E-state index in [0.717, 1.165) is 25.1 Å². The SMILES string of the molecule is OC(c1ccccc1)(C1CCCCC1)C1CCCNC1. The molecule has 0 spiro atoms. The van der Waals surface area contributed by atoms with E-state index in [1.54, 1.807) is 0 Å². The zero-order valence-corrected chi connectivity index (χ0v) is 12.4. The van der Waals surface area contributed by atoms with Gasteiger partial charge in [-0.1, -0.05) is 49.6 Å². The molecule has 2 atom stereocenters. The molecule has 0 bridgehead atoms. The molecule has 1 aromatic carbocycles. The highest BCUT2D eigenvalue weighted by molar-refractivity contribution is 5.25. The summed E-state index contributed by atoms with van der Waals surface area (Å²) in [6.07, 6.45) is 8.59. The Bertz CT molecular complexity index is 387. The van der Waals surface area contributed by atoms with Gasteiger partial charge >= 0.3 is 0 Å². The Hall–Kier alpha value is -0.860. The van der Waals surface area contributed by atoms with Crippen LogP contribution in [0.25, 0.3) is 0 Å². The van der Waals surface area contributed by atoms with Crippen LogP contribution in [0.3, 0.4) is 0 Å². The summed E-state index contributed by atoms with van der Waals surface area (Å²) in [6.45, 7) is 2.06. The maximum Gasteiger partial charge on any atom is 0.0964 e. The van der Waals surface area contributed by atoms with Crippen LogP contribution in [-0.4, -0.2) is 18.2 Å². The summed E-state index contributed by atoms with van der Waals surface area (Å²) in [6, 6.07) is 10.4. The molecule has 2 aliphatic rings. The van der Waals surface area contributed by atoms with Crippen molar-refractivity contribution in [1.29, 1.82) is 0 Å². The number of aliphatic hydroxyl groups is 1. The predicted octanol–water partition coefficient (Wildman–Crippen LogP) is 3.45. The van der Waals surface area contributed by atoms with Crippen LogP contribution in [0.1, 0.15) is 50.5 Å². The van der Waals surface area contributed by atoms with Gasteiger partial charge in [-0.2, -0.15) is 0 Å². The van der Waals surface area contributed by atoms with Gasteiger partial charge in [-0.3, -0.25) is 0 Å². The number of piperidine rings is 1. The van der Waals surface area contributed by atoms with E-state index in [1.165, 1.54) is 38.5 Å². The minimum absolute atomic E-state index is 0.363. The first-order chi connectivity index (χ1) is 9.82. The molecule has 2 unspecified atom stereocenters. The minimum atomic E-state index is -0.630. The Morgan fingerprint density at radius 1 is 0.900 bits per heavy atom. The second-order valence-corrected chi connectivity index (χ2v) is 6.57. The zero-order valence-electron chi connectivity index (χ0n) is 12.4. The van der Waals surface area contributed by atoms with E-state index in [9.17, 15) is 5.11 Å². The molecule has 1 aromatic rings. The normalized spacial score (nSPS) is 27.9. The third kappa shape index (κ3) is 2.64. The van der Waals surface area contributed by atoms with Gasteiger partial charge in [0.2, 0.25) is 0 Å². The topological polar surface area (TPSA) is 32.3 Å². The van der Waals surface area contributed by atoms with Gasteiger partial charge in [-0.25, -0.2) is 0 Å². The van der Waals surface area contributed by atoms with E-state index in [4.69, 9.17) is 0 Å². The van der Waals surface area contributed by atoms with Gasteiger partial charge in [0.25, 0.3) is 0 Å². The van der Waals surface area contributed by atoms with Crippen molar-refractivity contribution in [3.63, 3.8) is 0 Å². The Kier molecular flexibility index (Phi) is 4.42. The molecule has 2 heteroatoms. The van der Waals surface area contributed by atoms with Crippen molar-refractivity contribution in [3.8, 4) is 0 Å². The van der Waals surface area contributed by atoms with Crippen LogP contribution in [0.5, 0.6) is 0 Å². The van der Waals surface area contributed by atoms with Crippen LogP contribution in [-0.2, 0) is 5.60 Å². The first-order valence-corrected chi connectivity index (χ1v) is 8.30. The molecule has 0 aromatic heterocycles. The second-order valence-electron chi connectivity index (χ2n) is 6.57. The molecule has 1 saturated carbocycles. The van der Waals surface area contributed by atoms with Crippen molar-refractivity contribution in [3.05, 3.63) is 35.9 Å². The van der Waals surface area contributed by atoms with Crippen molar-refractivity contribution in [1.82, 2.24) is 5.32 Å². The lowest BCUT2D eigenvalue weighted by Crippen LogP contribution is -2.49. The van der Waals surface area contributed by atoms with E-state index in [2.05, 4.69) is 29.6 Å². The van der Waals surface area contributed by atoms with E-state index >= 15 is 0 Å². The highest BCUT2D eigenvalue weighted by Gasteiger charge is 2.45. The molecule has 0 radical (unpaired) electrons. The number of benzene rings is 1. The lowest BCUT2D eigenvalue weighted by molar-refractivity contribution is -0.0945. The van der Waals surface area contributed by atoms with Gasteiger partial charge in [-0.15, -0.1) is 0 Å². The van der Waals surface area contributed by atoms with E-state index in [1.807, 2.05) is 6.07 Å². The first kappa shape index (κ1) is 14.1. The van der Waals surface area contributed by atoms with E-state index in [-0.39, 0.29) is 0 Å². The number of nitrogens with one attached hydrogen (secondary N) is 1. The van der Waals surface area contributed by atoms with Crippen LogP contribution in [0.15, 0.2) is 30.3 Å². The summed E-state index contributed by atoms with van der Waals surface area (Å²) in [4.78, 5) is 0. The maximum atomic E-state index is 11.7. The van der Waals surface area contributed by atoms with Gasteiger partial charge in [0, 0.05) is 12.5 Å². The molecular weight excluding hydrogens is 246 g/mol. The summed E-state index contributed by atoms with van der Waals surface area (Å²) in [7, 11) is 0. The van der Waals surface area contributed by atoms with Gasteiger partial charge in [0.1, 0.15) is 0 Å². The maximum absolute atomic E-state index is 11.7. The largest absolute Gasteiger partial charge is 0.385 e. The fourth-order valence-electron chi connectivity index (χ4n) is 4.28. The number of hydrogen-bond donors (Lipinski definition) is 2. The monoisotopic (exact) mass is 273 g/mol. The molecule has 20 heavy (non-hydrogen) atoms. The molecule has 2 N–H and O–H groups in total. The average Bonchev–Trinajstić information content (AvgIpc) is 2.56. The lowest BCUT2D eigenvalue weighted by atomic mass is 9.65.